The van der Waals surface area contributed by atoms with Crippen LogP contribution in [0.4, 0.5) is 0 Å². The lowest BCUT2D eigenvalue weighted by molar-refractivity contribution is -0.127. The third-order valence-electron chi connectivity index (χ3n) is 3.35. The quantitative estimate of drug-likeness (QED) is 0.652. The first-order chi connectivity index (χ1) is 8.07. The number of carbonyl (C=O) groups is 1. The number of ether oxygens (including phenoxy) is 2. The number of nitrogens with one attached hydrogen (secondary N) is 1. The molecule has 1 heterocycles. The molecule has 1 amide bonds. The zero-order valence-corrected chi connectivity index (χ0v) is 10.9. The summed E-state index contributed by atoms with van der Waals surface area (Å²) in [6, 6.07) is 0. The molecule has 100 valence electrons. The lowest BCUT2D eigenvalue weighted by atomic mass is 9.89. The molecule has 1 aliphatic rings. The van der Waals surface area contributed by atoms with Crippen molar-refractivity contribution in [1.82, 2.24) is 5.32 Å². The fourth-order valence-electron chi connectivity index (χ4n) is 2.27. The van der Waals surface area contributed by atoms with Crippen LogP contribution < -0.4 is 11.1 Å². The maximum atomic E-state index is 12.0. The lowest BCUT2D eigenvalue weighted by Gasteiger charge is -2.17. The van der Waals surface area contributed by atoms with Crippen LogP contribution in [0.3, 0.4) is 0 Å². The zero-order valence-electron chi connectivity index (χ0n) is 10.9. The topological polar surface area (TPSA) is 73.6 Å². The second-order valence-electron chi connectivity index (χ2n) is 4.62. The van der Waals surface area contributed by atoms with E-state index in [1.54, 1.807) is 0 Å². The second kappa shape index (κ2) is 6.93. The monoisotopic (exact) mass is 244 g/mol. The van der Waals surface area contributed by atoms with E-state index in [9.17, 15) is 4.79 Å². The molecule has 17 heavy (non-hydrogen) atoms. The Bertz CT molecular complexity index is 248. The van der Waals surface area contributed by atoms with Crippen molar-refractivity contribution in [2.24, 2.45) is 17.6 Å². The average Bonchev–Trinajstić information content (AvgIpc) is 2.53. The van der Waals surface area contributed by atoms with Gasteiger partial charge in [0.15, 0.2) is 0 Å². The van der Waals surface area contributed by atoms with Gasteiger partial charge in [-0.15, -0.1) is 0 Å². The first-order valence-corrected chi connectivity index (χ1v) is 6.29. The molecule has 4 unspecified atom stereocenters. The SMILES string of the molecule is CC1OC(C)C(C(=O)NCCOCCN)C1C. The first-order valence-electron chi connectivity index (χ1n) is 6.29. The minimum Gasteiger partial charge on any atom is -0.378 e. The van der Waals surface area contributed by atoms with Gasteiger partial charge in [-0.2, -0.15) is 0 Å². The summed E-state index contributed by atoms with van der Waals surface area (Å²) >= 11 is 0. The van der Waals surface area contributed by atoms with Gasteiger partial charge < -0.3 is 20.5 Å². The van der Waals surface area contributed by atoms with E-state index in [4.69, 9.17) is 15.2 Å². The zero-order chi connectivity index (χ0) is 12.8. The normalized spacial score (nSPS) is 32.7. The molecule has 0 aliphatic carbocycles. The van der Waals surface area contributed by atoms with Crippen molar-refractivity contribution in [3.63, 3.8) is 0 Å². The van der Waals surface area contributed by atoms with E-state index in [-0.39, 0.29) is 30.0 Å². The molecule has 5 heteroatoms. The highest BCUT2D eigenvalue weighted by molar-refractivity contribution is 5.79. The molecule has 0 spiro atoms. The van der Waals surface area contributed by atoms with Gasteiger partial charge >= 0.3 is 0 Å². The number of nitrogens with two attached hydrogens (primary N) is 1. The Hall–Kier alpha value is -0.650. The van der Waals surface area contributed by atoms with E-state index in [2.05, 4.69) is 12.2 Å². The van der Waals surface area contributed by atoms with Crippen LogP contribution in [0.15, 0.2) is 0 Å². The molecular formula is C12H24N2O3. The van der Waals surface area contributed by atoms with E-state index in [1.807, 2.05) is 13.8 Å². The fourth-order valence-corrected chi connectivity index (χ4v) is 2.27. The number of hydrogen-bond acceptors (Lipinski definition) is 4. The molecular weight excluding hydrogens is 220 g/mol. The van der Waals surface area contributed by atoms with Crippen LogP contribution in [0, 0.1) is 11.8 Å². The third kappa shape index (κ3) is 3.94. The Labute approximate surface area is 103 Å². The van der Waals surface area contributed by atoms with Crippen LogP contribution in [0.2, 0.25) is 0 Å². The van der Waals surface area contributed by atoms with Crippen molar-refractivity contribution in [2.45, 2.75) is 33.0 Å². The summed E-state index contributed by atoms with van der Waals surface area (Å²) in [7, 11) is 0. The Balaban J connectivity index is 2.27. The van der Waals surface area contributed by atoms with Crippen LogP contribution in [0.5, 0.6) is 0 Å². The number of hydrogen-bond donors (Lipinski definition) is 2. The number of amides is 1. The molecule has 3 N–H and O–H groups in total. The summed E-state index contributed by atoms with van der Waals surface area (Å²) < 4.78 is 10.8. The molecule has 0 radical (unpaired) electrons. The van der Waals surface area contributed by atoms with Gasteiger partial charge in [-0.3, -0.25) is 4.79 Å². The van der Waals surface area contributed by atoms with Gasteiger partial charge in [0, 0.05) is 13.1 Å². The van der Waals surface area contributed by atoms with Gasteiger partial charge in [-0.25, -0.2) is 0 Å². The summed E-state index contributed by atoms with van der Waals surface area (Å²) in [6.07, 6.45) is 0.138. The van der Waals surface area contributed by atoms with Crippen molar-refractivity contribution in [2.75, 3.05) is 26.3 Å². The van der Waals surface area contributed by atoms with E-state index in [0.29, 0.717) is 26.3 Å². The average molecular weight is 244 g/mol. The van der Waals surface area contributed by atoms with Crippen LogP contribution >= 0.6 is 0 Å². The van der Waals surface area contributed by atoms with E-state index < -0.39 is 0 Å². The lowest BCUT2D eigenvalue weighted by Crippen LogP contribution is -2.38. The molecule has 0 aromatic carbocycles. The second-order valence-corrected chi connectivity index (χ2v) is 4.62. The Kier molecular flexibility index (Phi) is 5.88. The van der Waals surface area contributed by atoms with Gasteiger partial charge in [-0.05, 0) is 19.8 Å². The molecule has 1 rings (SSSR count). The first kappa shape index (κ1) is 14.4. The Morgan fingerprint density at radius 3 is 2.53 bits per heavy atom. The molecule has 0 aromatic rings. The Morgan fingerprint density at radius 2 is 2.00 bits per heavy atom. The highest BCUT2D eigenvalue weighted by Gasteiger charge is 2.41. The Morgan fingerprint density at radius 1 is 1.29 bits per heavy atom. The van der Waals surface area contributed by atoms with Gasteiger partial charge in [0.05, 0.1) is 31.3 Å². The number of rotatable bonds is 6. The van der Waals surface area contributed by atoms with Crippen LogP contribution in [0.25, 0.3) is 0 Å². The van der Waals surface area contributed by atoms with Crippen molar-refractivity contribution >= 4 is 5.91 Å². The molecule has 1 aliphatic heterocycles. The molecule has 5 nitrogen and oxygen atoms in total. The van der Waals surface area contributed by atoms with Crippen molar-refractivity contribution in [3.05, 3.63) is 0 Å². The predicted octanol–water partition coefficient (Wildman–Crippen LogP) is 0.137. The van der Waals surface area contributed by atoms with Crippen LogP contribution in [0.1, 0.15) is 20.8 Å². The minimum absolute atomic E-state index is 0.00930. The molecule has 0 saturated carbocycles. The molecule has 4 atom stereocenters. The smallest absolute Gasteiger partial charge is 0.226 e. The summed E-state index contributed by atoms with van der Waals surface area (Å²) in [5.74, 6) is 0.264. The summed E-state index contributed by atoms with van der Waals surface area (Å²) in [4.78, 5) is 12.0. The van der Waals surface area contributed by atoms with Crippen LogP contribution in [-0.2, 0) is 14.3 Å². The summed E-state index contributed by atoms with van der Waals surface area (Å²) in [6.45, 7) is 8.11. The van der Waals surface area contributed by atoms with Crippen molar-refractivity contribution in [3.8, 4) is 0 Å². The van der Waals surface area contributed by atoms with Gasteiger partial charge in [-0.1, -0.05) is 6.92 Å². The van der Waals surface area contributed by atoms with Gasteiger partial charge in [0.2, 0.25) is 5.91 Å². The maximum absolute atomic E-state index is 12.0. The van der Waals surface area contributed by atoms with Crippen molar-refractivity contribution < 1.29 is 14.3 Å². The molecule has 1 saturated heterocycles. The molecule has 0 aromatic heterocycles. The van der Waals surface area contributed by atoms with Gasteiger partial charge in [0.1, 0.15) is 0 Å². The number of carbonyl (C=O) groups excluding carboxylic acids is 1. The van der Waals surface area contributed by atoms with Gasteiger partial charge in [0.25, 0.3) is 0 Å². The fraction of sp³-hybridized carbons (Fsp3) is 0.917. The summed E-state index contributed by atoms with van der Waals surface area (Å²) in [5.41, 5.74) is 5.29. The minimum atomic E-state index is -0.0560. The standard InChI is InChI=1S/C12H24N2O3/c1-8-9(2)17-10(3)11(8)12(15)14-5-7-16-6-4-13/h8-11H,4-7,13H2,1-3H3,(H,14,15). The van der Waals surface area contributed by atoms with Crippen LogP contribution in [-0.4, -0.2) is 44.4 Å². The van der Waals surface area contributed by atoms with E-state index in [1.165, 1.54) is 0 Å². The molecule has 0 bridgehead atoms. The third-order valence-corrected chi connectivity index (χ3v) is 3.35. The summed E-state index contributed by atoms with van der Waals surface area (Å²) in [5, 5.41) is 2.88. The largest absolute Gasteiger partial charge is 0.378 e. The highest BCUT2D eigenvalue weighted by Crippen LogP contribution is 2.31. The van der Waals surface area contributed by atoms with E-state index in [0.717, 1.165) is 0 Å². The predicted molar refractivity (Wildman–Crippen MR) is 65.5 cm³/mol. The highest BCUT2D eigenvalue weighted by atomic mass is 16.5. The van der Waals surface area contributed by atoms with E-state index >= 15 is 0 Å². The van der Waals surface area contributed by atoms with Crippen molar-refractivity contribution in [1.29, 1.82) is 0 Å². The maximum Gasteiger partial charge on any atom is 0.226 e. The molecule has 1 fully saturated rings.